The smallest absolute Gasteiger partial charge is 0.263 e. The fourth-order valence-electron chi connectivity index (χ4n) is 3.42. The van der Waals surface area contributed by atoms with Gasteiger partial charge in [0.2, 0.25) is 0 Å². The Kier molecular flexibility index (Phi) is 6.49. The number of hydrogen-bond donors (Lipinski definition) is 0. The molecule has 2 aromatic rings. The molecule has 0 unspecified atom stereocenters. The van der Waals surface area contributed by atoms with Crippen molar-refractivity contribution in [2.24, 2.45) is 0 Å². The van der Waals surface area contributed by atoms with Gasteiger partial charge in [-0.15, -0.1) is 11.3 Å². The summed E-state index contributed by atoms with van der Waals surface area (Å²) in [6.45, 7) is 13.5. The molecule has 0 saturated heterocycles. The number of thioether (sulfide) groups is 1. The Labute approximate surface area is 170 Å². The zero-order valence-electron chi connectivity index (χ0n) is 16.9. The van der Waals surface area contributed by atoms with E-state index in [1.54, 1.807) is 23.1 Å². The maximum atomic E-state index is 13.4. The minimum atomic E-state index is -0.237. The molecule has 4 nitrogen and oxygen atoms in total. The van der Waals surface area contributed by atoms with E-state index in [0.29, 0.717) is 13.2 Å². The molecule has 0 saturated carbocycles. The van der Waals surface area contributed by atoms with Crippen LogP contribution >= 0.6 is 23.1 Å². The first kappa shape index (κ1) is 20.6. The van der Waals surface area contributed by atoms with Gasteiger partial charge < -0.3 is 4.74 Å². The highest BCUT2D eigenvalue weighted by atomic mass is 32.2. The molecule has 0 spiro atoms. The van der Waals surface area contributed by atoms with Gasteiger partial charge in [0, 0.05) is 23.6 Å². The molecule has 0 bridgehead atoms. The van der Waals surface area contributed by atoms with Crippen molar-refractivity contribution < 1.29 is 4.74 Å². The zero-order chi connectivity index (χ0) is 19.6. The quantitative estimate of drug-likeness (QED) is 0.249. The molecule has 0 aliphatic carbocycles. The fraction of sp³-hybridized carbons (Fsp3) is 0.619. The van der Waals surface area contributed by atoms with Crippen molar-refractivity contribution in [2.45, 2.75) is 83.7 Å². The molecule has 0 atom stereocenters. The maximum absolute atomic E-state index is 13.4. The van der Waals surface area contributed by atoms with Crippen LogP contribution in [0.4, 0.5) is 0 Å². The van der Waals surface area contributed by atoms with Gasteiger partial charge in [-0.2, -0.15) is 0 Å². The molecule has 0 aromatic carbocycles. The van der Waals surface area contributed by atoms with Gasteiger partial charge in [-0.05, 0) is 32.8 Å². The summed E-state index contributed by atoms with van der Waals surface area (Å²) in [5, 5.41) is 1.62. The van der Waals surface area contributed by atoms with Gasteiger partial charge in [0.15, 0.2) is 5.16 Å². The van der Waals surface area contributed by atoms with Gasteiger partial charge in [0.1, 0.15) is 4.83 Å². The van der Waals surface area contributed by atoms with Crippen molar-refractivity contribution in [2.75, 3.05) is 5.75 Å². The Bertz CT molecular complexity index is 896. The third kappa shape index (κ3) is 4.66. The van der Waals surface area contributed by atoms with Crippen molar-refractivity contribution in [3.05, 3.63) is 32.9 Å². The summed E-state index contributed by atoms with van der Waals surface area (Å²) in [5.74, 6) is 0.995. The van der Waals surface area contributed by atoms with Crippen LogP contribution in [0, 0.1) is 0 Å². The largest absolute Gasteiger partial charge is 0.370 e. The molecule has 27 heavy (non-hydrogen) atoms. The number of fused-ring (bicyclic) bond motifs is 3. The van der Waals surface area contributed by atoms with Crippen LogP contribution in [0.1, 0.15) is 63.8 Å². The van der Waals surface area contributed by atoms with Crippen LogP contribution in [0.5, 0.6) is 0 Å². The summed E-state index contributed by atoms with van der Waals surface area (Å²) in [6, 6.07) is 0. The predicted octanol–water partition coefficient (Wildman–Crippen LogP) is 5.56. The standard InChI is InChI=1S/C21H30N2O2S2/c1-6-7-8-9-10-26-20-22-18-17(19(24)23(20)12-14(2)3)15-11-21(4,5)25-13-16(15)27-18/h2,6-13H2,1,3-5H3. The molecule has 0 amide bonds. The van der Waals surface area contributed by atoms with Crippen LogP contribution < -0.4 is 5.56 Å². The molecule has 6 heteroatoms. The first-order valence-corrected chi connectivity index (χ1v) is 11.6. The highest BCUT2D eigenvalue weighted by molar-refractivity contribution is 7.99. The van der Waals surface area contributed by atoms with E-state index in [2.05, 4.69) is 27.4 Å². The lowest BCUT2D eigenvalue weighted by molar-refractivity contribution is -0.0379. The summed E-state index contributed by atoms with van der Waals surface area (Å²) >= 11 is 3.32. The van der Waals surface area contributed by atoms with Gasteiger partial charge in [-0.3, -0.25) is 9.36 Å². The summed E-state index contributed by atoms with van der Waals surface area (Å²) in [7, 11) is 0. The lowest BCUT2D eigenvalue weighted by Gasteiger charge is -2.29. The second-order valence-corrected chi connectivity index (χ2v) is 10.2. The molecule has 0 radical (unpaired) electrons. The minimum Gasteiger partial charge on any atom is -0.370 e. The van der Waals surface area contributed by atoms with Gasteiger partial charge in [-0.1, -0.05) is 50.1 Å². The van der Waals surface area contributed by atoms with Crippen LogP contribution in [0.15, 0.2) is 22.1 Å². The number of unbranched alkanes of at least 4 members (excludes halogenated alkanes) is 3. The normalized spacial score (nSPS) is 15.9. The molecule has 1 aliphatic heterocycles. The number of allylic oxidation sites excluding steroid dienone is 1. The van der Waals surface area contributed by atoms with E-state index in [-0.39, 0.29) is 11.2 Å². The first-order valence-electron chi connectivity index (χ1n) is 9.78. The van der Waals surface area contributed by atoms with E-state index in [9.17, 15) is 4.79 Å². The third-order valence-electron chi connectivity index (χ3n) is 4.81. The summed E-state index contributed by atoms with van der Waals surface area (Å²) in [5.41, 5.74) is 1.95. The lowest BCUT2D eigenvalue weighted by Crippen LogP contribution is -2.32. The molecule has 1 aliphatic rings. The Morgan fingerprint density at radius 2 is 2.15 bits per heavy atom. The molecule has 148 valence electrons. The Hall–Kier alpha value is -1.11. The number of ether oxygens (including phenoxy) is 1. The van der Waals surface area contributed by atoms with E-state index in [0.717, 1.165) is 50.0 Å². The van der Waals surface area contributed by atoms with Crippen LogP contribution in [0.2, 0.25) is 0 Å². The lowest BCUT2D eigenvalue weighted by atomic mass is 9.94. The average Bonchev–Trinajstić information content (AvgIpc) is 2.94. The molecule has 3 heterocycles. The van der Waals surface area contributed by atoms with Crippen LogP contribution in [0.3, 0.4) is 0 Å². The zero-order valence-corrected chi connectivity index (χ0v) is 18.5. The van der Waals surface area contributed by atoms with Crippen LogP contribution in [-0.4, -0.2) is 20.9 Å². The number of aromatic nitrogens is 2. The van der Waals surface area contributed by atoms with Crippen molar-refractivity contribution >= 4 is 33.3 Å². The van der Waals surface area contributed by atoms with E-state index in [1.165, 1.54) is 19.3 Å². The monoisotopic (exact) mass is 406 g/mol. The topological polar surface area (TPSA) is 44.1 Å². The molecule has 3 rings (SSSR count). The van der Waals surface area contributed by atoms with E-state index in [1.807, 2.05) is 11.5 Å². The number of nitrogens with zero attached hydrogens (tertiary/aromatic N) is 2. The molecule has 2 aromatic heterocycles. The predicted molar refractivity (Wildman–Crippen MR) is 116 cm³/mol. The molecule has 0 fully saturated rings. The summed E-state index contributed by atoms with van der Waals surface area (Å²) in [4.78, 5) is 20.3. The Morgan fingerprint density at radius 3 is 2.85 bits per heavy atom. The number of thiophene rings is 1. The van der Waals surface area contributed by atoms with Gasteiger partial charge in [0.05, 0.1) is 17.6 Å². The molecule has 0 N–H and O–H groups in total. The Morgan fingerprint density at radius 1 is 1.37 bits per heavy atom. The highest BCUT2D eigenvalue weighted by Gasteiger charge is 2.31. The van der Waals surface area contributed by atoms with E-state index in [4.69, 9.17) is 9.72 Å². The van der Waals surface area contributed by atoms with Crippen LogP contribution in [-0.2, 0) is 24.3 Å². The Balaban J connectivity index is 2.00. The van der Waals surface area contributed by atoms with Gasteiger partial charge in [-0.25, -0.2) is 4.98 Å². The fourth-order valence-corrected chi connectivity index (χ4v) is 5.56. The third-order valence-corrected chi connectivity index (χ3v) is 6.97. The molecular formula is C21H30N2O2S2. The second kappa shape index (κ2) is 8.50. The summed E-state index contributed by atoms with van der Waals surface area (Å²) < 4.78 is 7.77. The maximum Gasteiger partial charge on any atom is 0.263 e. The average molecular weight is 407 g/mol. The SMILES string of the molecule is C=C(C)Cn1c(SCCCCCC)nc2sc3c(c2c1=O)CC(C)(C)OC3. The minimum absolute atomic E-state index is 0.0780. The summed E-state index contributed by atoms with van der Waals surface area (Å²) in [6.07, 6.45) is 5.64. The van der Waals surface area contributed by atoms with Crippen molar-refractivity contribution in [3.8, 4) is 0 Å². The number of hydrogen-bond acceptors (Lipinski definition) is 5. The van der Waals surface area contributed by atoms with Crippen molar-refractivity contribution in [1.29, 1.82) is 0 Å². The van der Waals surface area contributed by atoms with Gasteiger partial charge in [0.25, 0.3) is 5.56 Å². The van der Waals surface area contributed by atoms with E-state index >= 15 is 0 Å². The van der Waals surface area contributed by atoms with Crippen molar-refractivity contribution in [1.82, 2.24) is 9.55 Å². The van der Waals surface area contributed by atoms with Gasteiger partial charge >= 0.3 is 0 Å². The highest BCUT2D eigenvalue weighted by Crippen LogP contribution is 2.37. The molecular weight excluding hydrogens is 376 g/mol. The van der Waals surface area contributed by atoms with Crippen molar-refractivity contribution in [3.63, 3.8) is 0 Å². The van der Waals surface area contributed by atoms with Crippen LogP contribution in [0.25, 0.3) is 10.2 Å². The number of rotatable bonds is 8. The second-order valence-electron chi connectivity index (χ2n) is 8.06. The first-order chi connectivity index (χ1) is 12.8. The van der Waals surface area contributed by atoms with E-state index < -0.39 is 0 Å².